The minimum Gasteiger partial charge on any atom is -0.395 e. The highest BCUT2D eigenvalue weighted by atomic mass is 32.1. The molecule has 0 atom stereocenters. The lowest BCUT2D eigenvalue weighted by molar-refractivity contribution is 0.0950. The van der Waals surface area contributed by atoms with Crippen LogP contribution < -0.4 is 10.2 Å². The molecule has 0 bridgehead atoms. The van der Waals surface area contributed by atoms with Gasteiger partial charge >= 0.3 is 4.87 Å². The molecule has 1 amide bonds. The van der Waals surface area contributed by atoms with Crippen molar-refractivity contribution in [2.75, 3.05) is 6.61 Å². The molecular weight excluding hydrogens is 288 g/mol. The molecule has 5 nitrogen and oxygen atoms in total. The van der Waals surface area contributed by atoms with Gasteiger partial charge in [-0.2, -0.15) is 0 Å². The maximum absolute atomic E-state index is 12.2. The second-order valence-corrected chi connectivity index (χ2v) is 5.02. The lowest BCUT2D eigenvalue weighted by Crippen LogP contribution is -2.24. The van der Waals surface area contributed by atoms with Crippen LogP contribution in [0.25, 0.3) is 0 Å². The quantitative estimate of drug-likeness (QED) is 0.740. The number of benzene rings is 1. The summed E-state index contributed by atoms with van der Waals surface area (Å²) in [5.41, 5.74) is 1.75. The first-order chi connectivity index (χ1) is 10.2. The average molecular weight is 302 g/mol. The van der Waals surface area contributed by atoms with E-state index in [2.05, 4.69) is 22.1 Å². The first-order valence-corrected chi connectivity index (χ1v) is 7.22. The fourth-order valence-corrected chi connectivity index (χ4v) is 2.26. The maximum Gasteiger partial charge on any atom is 0.304 e. The predicted molar refractivity (Wildman–Crippen MR) is 81.1 cm³/mol. The van der Waals surface area contributed by atoms with E-state index in [0.29, 0.717) is 23.2 Å². The number of aliphatic hydroxyl groups excluding tert-OH is 1. The van der Waals surface area contributed by atoms with Crippen LogP contribution in [0.2, 0.25) is 0 Å². The summed E-state index contributed by atoms with van der Waals surface area (Å²) in [6.07, 6.45) is 0.367. The van der Waals surface area contributed by atoms with Crippen LogP contribution >= 0.6 is 11.3 Å². The van der Waals surface area contributed by atoms with Gasteiger partial charge in [0, 0.05) is 23.1 Å². The number of nitrogens with one attached hydrogen (secondary N) is 2. The van der Waals surface area contributed by atoms with Crippen molar-refractivity contribution in [3.63, 3.8) is 0 Å². The fourth-order valence-electron chi connectivity index (χ4n) is 1.68. The van der Waals surface area contributed by atoms with E-state index >= 15 is 0 Å². The van der Waals surface area contributed by atoms with Gasteiger partial charge in [-0.15, -0.1) is 0 Å². The third-order valence-electron chi connectivity index (χ3n) is 2.64. The zero-order valence-corrected chi connectivity index (χ0v) is 12.0. The van der Waals surface area contributed by atoms with Crippen molar-refractivity contribution >= 4 is 17.2 Å². The molecule has 1 aromatic heterocycles. The van der Waals surface area contributed by atoms with Gasteiger partial charge in [0.2, 0.25) is 0 Å². The molecule has 0 unspecified atom stereocenters. The van der Waals surface area contributed by atoms with Gasteiger partial charge in [0.15, 0.2) is 0 Å². The topological polar surface area (TPSA) is 82.2 Å². The fraction of sp³-hybridized carbons (Fsp3) is 0.200. The van der Waals surface area contributed by atoms with E-state index in [0.717, 1.165) is 11.3 Å². The van der Waals surface area contributed by atoms with Crippen LogP contribution in [0.15, 0.2) is 34.4 Å². The summed E-state index contributed by atoms with van der Waals surface area (Å²) < 4.78 is 0. The third-order valence-corrected chi connectivity index (χ3v) is 3.36. The second kappa shape index (κ2) is 7.43. The highest BCUT2D eigenvalue weighted by Crippen LogP contribution is 2.08. The van der Waals surface area contributed by atoms with Crippen molar-refractivity contribution in [1.82, 2.24) is 10.3 Å². The van der Waals surface area contributed by atoms with Crippen molar-refractivity contribution in [3.8, 4) is 11.8 Å². The summed E-state index contributed by atoms with van der Waals surface area (Å²) in [7, 11) is 0. The van der Waals surface area contributed by atoms with E-state index in [1.54, 1.807) is 29.6 Å². The molecule has 2 rings (SSSR count). The third kappa shape index (κ3) is 4.31. The molecule has 0 aliphatic heterocycles. The first-order valence-electron chi connectivity index (χ1n) is 6.34. The highest BCUT2D eigenvalue weighted by Gasteiger charge is 2.09. The monoisotopic (exact) mass is 302 g/mol. The minimum atomic E-state index is -0.254. The van der Waals surface area contributed by atoms with Crippen LogP contribution in [0.4, 0.5) is 0 Å². The molecular formula is C15H14N2O3S. The molecule has 0 spiro atoms. The van der Waals surface area contributed by atoms with E-state index in [-0.39, 0.29) is 23.9 Å². The molecule has 0 radical (unpaired) electrons. The van der Waals surface area contributed by atoms with Gasteiger partial charge in [-0.05, 0) is 12.1 Å². The number of amides is 1. The van der Waals surface area contributed by atoms with Crippen LogP contribution in [0.3, 0.4) is 0 Å². The summed E-state index contributed by atoms with van der Waals surface area (Å²) in [6, 6.07) is 7.01. The van der Waals surface area contributed by atoms with Crippen molar-refractivity contribution in [3.05, 3.63) is 56.1 Å². The van der Waals surface area contributed by atoms with Gasteiger partial charge in [0.05, 0.1) is 18.7 Å². The summed E-state index contributed by atoms with van der Waals surface area (Å²) in [4.78, 5) is 25.7. The molecule has 1 aromatic carbocycles. The van der Waals surface area contributed by atoms with Crippen LogP contribution in [0.5, 0.6) is 0 Å². The van der Waals surface area contributed by atoms with Gasteiger partial charge < -0.3 is 15.4 Å². The Labute approximate surface area is 125 Å². The molecule has 21 heavy (non-hydrogen) atoms. The van der Waals surface area contributed by atoms with Gasteiger partial charge in [-0.3, -0.25) is 9.59 Å². The Morgan fingerprint density at radius 1 is 1.38 bits per heavy atom. The molecule has 0 fully saturated rings. The molecule has 0 aliphatic carbocycles. The lowest BCUT2D eigenvalue weighted by atomic mass is 10.1. The van der Waals surface area contributed by atoms with Crippen LogP contribution in [-0.4, -0.2) is 22.6 Å². The van der Waals surface area contributed by atoms with E-state index in [1.807, 2.05) is 0 Å². The van der Waals surface area contributed by atoms with Crippen molar-refractivity contribution in [2.45, 2.75) is 13.0 Å². The number of thiazole rings is 1. The Balaban J connectivity index is 2.08. The Morgan fingerprint density at radius 3 is 2.90 bits per heavy atom. The second-order valence-electron chi connectivity index (χ2n) is 4.18. The van der Waals surface area contributed by atoms with Gasteiger partial charge in [-0.25, -0.2) is 0 Å². The number of aromatic amines is 1. The zero-order chi connectivity index (χ0) is 15.1. The summed E-state index contributed by atoms with van der Waals surface area (Å²) in [5.74, 6) is 5.41. The van der Waals surface area contributed by atoms with E-state index in [1.165, 1.54) is 0 Å². The summed E-state index contributed by atoms with van der Waals surface area (Å²) >= 11 is 1.06. The Kier molecular flexibility index (Phi) is 5.32. The van der Waals surface area contributed by atoms with Crippen molar-refractivity contribution in [2.24, 2.45) is 0 Å². The zero-order valence-electron chi connectivity index (χ0n) is 11.2. The van der Waals surface area contributed by atoms with E-state index < -0.39 is 0 Å². The molecule has 0 saturated carbocycles. The Morgan fingerprint density at radius 2 is 2.19 bits per heavy atom. The lowest BCUT2D eigenvalue weighted by Gasteiger charge is -2.05. The molecule has 3 N–H and O–H groups in total. The van der Waals surface area contributed by atoms with Crippen LogP contribution in [-0.2, 0) is 6.54 Å². The van der Waals surface area contributed by atoms with Crippen molar-refractivity contribution < 1.29 is 9.90 Å². The number of rotatable bonds is 4. The number of H-pyrrole nitrogens is 1. The summed E-state index contributed by atoms with van der Waals surface area (Å²) in [6.45, 7) is 0.253. The number of aromatic nitrogens is 1. The predicted octanol–water partition coefficient (Wildman–Crippen LogP) is 1.10. The SMILES string of the molecule is O=C(NCc1csc(=O)[nH]1)c1ccccc1C#CCCO. The molecule has 2 aromatic rings. The number of aliphatic hydroxyl groups is 1. The smallest absolute Gasteiger partial charge is 0.304 e. The van der Waals surface area contributed by atoms with Gasteiger partial charge in [0.1, 0.15) is 0 Å². The Hall–Kier alpha value is -2.36. The molecule has 0 saturated heterocycles. The number of carbonyl (C=O) groups excluding carboxylic acids is 1. The van der Waals surface area contributed by atoms with Gasteiger partial charge in [0.25, 0.3) is 5.91 Å². The molecule has 1 heterocycles. The standard InChI is InChI=1S/C15H14N2O3S/c18-8-4-3-6-11-5-1-2-7-13(11)14(19)16-9-12-10-21-15(20)17-12/h1-2,5,7,10,18H,4,8-9H2,(H,16,19)(H,17,20). The number of hydrogen-bond donors (Lipinski definition) is 3. The van der Waals surface area contributed by atoms with Gasteiger partial charge in [-0.1, -0.05) is 35.3 Å². The van der Waals surface area contributed by atoms with E-state index in [9.17, 15) is 9.59 Å². The highest BCUT2D eigenvalue weighted by molar-refractivity contribution is 7.07. The number of hydrogen-bond acceptors (Lipinski definition) is 4. The normalized spacial score (nSPS) is 9.76. The minimum absolute atomic E-state index is 0.00706. The van der Waals surface area contributed by atoms with Crippen LogP contribution in [0, 0.1) is 11.8 Å². The maximum atomic E-state index is 12.2. The van der Waals surface area contributed by atoms with Crippen molar-refractivity contribution in [1.29, 1.82) is 0 Å². The van der Waals surface area contributed by atoms with Crippen LogP contribution in [0.1, 0.15) is 28.0 Å². The van der Waals surface area contributed by atoms with E-state index in [4.69, 9.17) is 5.11 Å². The molecule has 6 heteroatoms. The largest absolute Gasteiger partial charge is 0.395 e. The molecule has 108 valence electrons. The Bertz CT molecular complexity index is 737. The molecule has 0 aliphatic rings. The number of carbonyl (C=O) groups is 1. The average Bonchev–Trinajstić information content (AvgIpc) is 2.91. The first kappa shape index (κ1) is 15.0. The summed E-state index contributed by atoms with van der Waals surface area (Å²) in [5, 5.41) is 13.1.